The highest BCUT2D eigenvalue weighted by molar-refractivity contribution is 6.31. The number of aliphatic hydroxyl groups excluding tert-OH is 1. The second kappa shape index (κ2) is 11.5. The molecule has 2 heterocycles. The van der Waals surface area contributed by atoms with Gasteiger partial charge >= 0.3 is 17.9 Å². The first-order chi connectivity index (χ1) is 18.5. The molecular weight excluding hydrogens is 532 g/mol. The summed E-state index contributed by atoms with van der Waals surface area (Å²) in [5.74, 6) is -2.86. The zero-order chi connectivity index (χ0) is 28.4. The van der Waals surface area contributed by atoms with Crippen molar-refractivity contribution in [1.82, 2.24) is 0 Å². The molecule has 39 heavy (non-hydrogen) atoms. The number of carbonyl (C=O) groups is 3. The summed E-state index contributed by atoms with van der Waals surface area (Å²) in [6, 6.07) is 11.7. The van der Waals surface area contributed by atoms with Gasteiger partial charge in [-0.05, 0) is 36.8 Å². The van der Waals surface area contributed by atoms with E-state index < -0.39 is 47.6 Å². The predicted molar refractivity (Wildman–Crippen MR) is 137 cm³/mol. The van der Waals surface area contributed by atoms with Crippen molar-refractivity contribution in [3.05, 3.63) is 64.2 Å². The van der Waals surface area contributed by atoms with Gasteiger partial charge in [0.05, 0.1) is 13.2 Å². The molecule has 0 amide bonds. The molecule has 5 atom stereocenters. The van der Waals surface area contributed by atoms with Crippen LogP contribution in [0, 0.1) is 0 Å². The van der Waals surface area contributed by atoms with E-state index in [0.717, 1.165) is 0 Å². The summed E-state index contributed by atoms with van der Waals surface area (Å²) in [7, 11) is 0. The third-order valence-electron chi connectivity index (χ3n) is 6.55. The molecule has 2 aliphatic rings. The van der Waals surface area contributed by atoms with E-state index in [4.69, 9.17) is 40.0 Å². The highest BCUT2D eigenvalue weighted by atomic mass is 35.5. The van der Waals surface area contributed by atoms with Crippen molar-refractivity contribution in [2.45, 2.75) is 63.8 Å². The van der Waals surface area contributed by atoms with Gasteiger partial charge in [0, 0.05) is 43.3 Å². The fourth-order valence-electron chi connectivity index (χ4n) is 4.96. The molecular formula is C28H31ClO10. The number of hydrogen-bond acceptors (Lipinski definition) is 10. The summed E-state index contributed by atoms with van der Waals surface area (Å²) in [6.45, 7) is 5.89. The number of hydrogen-bond donors (Lipinski definition) is 1. The average Bonchev–Trinajstić information content (AvgIpc) is 3.21. The van der Waals surface area contributed by atoms with Crippen LogP contribution in [0.2, 0.25) is 5.02 Å². The van der Waals surface area contributed by atoms with Gasteiger partial charge in [-0.15, -0.1) is 0 Å². The Morgan fingerprint density at radius 3 is 2.36 bits per heavy atom. The van der Waals surface area contributed by atoms with Crippen molar-refractivity contribution >= 4 is 29.5 Å². The van der Waals surface area contributed by atoms with E-state index >= 15 is 0 Å². The van der Waals surface area contributed by atoms with Crippen molar-refractivity contribution in [2.24, 2.45) is 0 Å². The number of fused-ring (bicyclic) bond motifs is 2. The van der Waals surface area contributed by atoms with Gasteiger partial charge in [0.25, 0.3) is 0 Å². The molecule has 2 saturated heterocycles. The summed E-state index contributed by atoms with van der Waals surface area (Å²) in [5.41, 5.74) is 0.0781. The van der Waals surface area contributed by atoms with Crippen LogP contribution in [-0.4, -0.2) is 60.6 Å². The lowest BCUT2D eigenvalue weighted by Gasteiger charge is -2.45. The van der Waals surface area contributed by atoms with E-state index in [1.54, 1.807) is 42.5 Å². The third-order valence-corrected chi connectivity index (χ3v) is 6.90. The van der Waals surface area contributed by atoms with Crippen molar-refractivity contribution in [2.75, 3.05) is 19.8 Å². The van der Waals surface area contributed by atoms with E-state index in [1.807, 2.05) is 6.92 Å². The van der Waals surface area contributed by atoms with Gasteiger partial charge < -0.3 is 33.5 Å². The predicted octanol–water partition coefficient (Wildman–Crippen LogP) is 3.59. The maximum Gasteiger partial charge on any atom is 0.303 e. The Labute approximate surface area is 231 Å². The van der Waals surface area contributed by atoms with Crippen molar-refractivity contribution in [1.29, 1.82) is 0 Å². The van der Waals surface area contributed by atoms with Crippen LogP contribution < -0.4 is 4.74 Å². The summed E-state index contributed by atoms with van der Waals surface area (Å²) in [4.78, 5) is 35.8. The minimum absolute atomic E-state index is 0.0464. The maximum atomic E-state index is 12.2. The quantitative estimate of drug-likeness (QED) is 0.358. The summed E-state index contributed by atoms with van der Waals surface area (Å²) in [5, 5.41) is 11.5. The Bertz CT molecular complexity index is 1230. The minimum Gasteiger partial charge on any atom is -0.494 e. The zero-order valence-corrected chi connectivity index (χ0v) is 22.9. The highest BCUT2D eigenvalue weighted by Crippen LogP contribution is 2.52. The van der Waals surface area contributed by atoms with Crippen LogP contribution in [0.1, 0.15) is 56.9 Å². The number of aliphatic hydroxyl groups is 1. The molecule has 4 rings (SSSR count). The Hall–Kier alpha value is -3.18. The molecule has 1 N–H and O–H groups in total. The van der Waals surface area contributed by atoms with Crippen LogP contribution in [0.4, 0.5) is 0 Å². The largest absolute Gasteiger partial charge is 0.494 e. The molecule has 210 valence electrons. The fourth-order valence-corrected chi connectivity index (χ4v) is 5.18. The van der Waals surface area contributed by atoms with Crippen LogP contribution in [0.15, 0.2) is 42.5 Å². The number of ether oxygens (including phenoxy) is 6. The highest BCUT2D eigenvalue weighted by Gasteiger charge is 2.66. The Morgan fingerprint density at radius 1 is 1.05 bits per heavy atom. The monoisotopic (exact) mass is 562 g/mol. The number of halogens is 1. The number of rotatable bonds is 9. The van der Waals surface area contributed by atoms with E-state index in [1.165, 1.54) is 20.8 Å². The van der Waals surface area contributed by atoms with E-state index in [2.05, 4.69) is 0 Å². The topological polar surface area (TPSA) is 127 Å². The van der Waals surface area contributed by atoms with Crippen LogP contribution in [0.25, 0.3) is 0 Å². The SMILES string of the molecule is CCOc1ccc(C(O)c2cc([C@@]34OC[C@@](COC(C)=O)(C[C@H](OC(C)=O)[C@H]3OC(C)=O)O4)ccc2Cl)cc1. The first kappa shape index (κ1) is 28.8. The first-order valence-corrected chi connectivity index (χ1v) is 12.9. The van der Waals surface area contributed by atoms with Gasteiger partial charge in [0.15, 0.2) is 6.10 Å². The van der Waals surface area contributed by atoms with Crippen LogP contribution in [0.5, 0.6) is 5.75 Å². The molecule has 2 bridgehead atoms. The lowest BCUT2D eigenvalue weighted by molar-refractivity contribution is -0.308. The Kier molecular flexibility index (Phi) is 8.51. The number of esters is 3. The van der Waals surface area contributed by atoms with Crippen LogP contribution in [0.3, 0.4) is 0 Å². The molecule has 0 spiro atoms. The Morgan fingerprint density at radius 2 is 1.74 bits per heavy atom. The van der Waals surface area contributed by atoms with Crippen molar-refractivity contribution in [3.8, 4) is 5.75 Å². The zero-order valence-electron chi connectivity index (χ0n) is 22.1. The average molecular weight is 563 g/mol. The van der Waals surface area contributed by atoms with E-state index in [0.29, 0.717) is 29.0 Å². The fraction of sp³-hybridized carbons (Fsp3) is 0.464. The summed E-state index contributed by atoms with van der Waals surface area (Å²) >= 11 is 6.51. The lowest BCUT2D eigenvalue weighted by Crippen LogP contribution is -2.59. The molecule has 10 nitrogen and oxygen atoms in total. The molecule has 11 heteroatoms. The lowest BCUT2D eigenvalue weighted by atomic mass is 9.85. The summed E-state index contributed by atoms with van der Waals surface area (Å²) in [6.07, 6.45) is -3.26. The molecule has 0 saturated carbocycles. The molecule has 0 aliphatic carbocycles. The molecule has 2 aromatic carbocycles. The number of benzene rings is 2. The standard InChI is InChI=1S/C28H31ClO10/c1-5-34-21-9-6-19(7-10-21)25(33)22-12-20(8-11-23(22)29)28-26(38-18(4)32)24(37-17(3)31)13-27(39-28,15-36-28)14-35-16(2)30/h6-12,24-26,33H,5,13-15H2,1-4H3/t24-,25?,26+,27-,28-/m0/s1. The molecule has 0 radical (unpaired) electrons. The first-order valence-electron chi connectivity index (χ1n) is 12.5. The maximum absolute atomic E-state index is 12.2. The van der Waals surface area contributed by atoms with Crippen LogP contribution >= 0.6 is 11.6 Å². The molecule has 2 fully saturated rings. The smallest absolute Gasteiger partial charge is 0.303 e. The van der Waals surface area contributed by atoms with Gasteiger partial charge in [-0.3, -0.25) is 14.4 Å². The molecule has 2 aromatic rings. The molecule has 1 unspecified atom stereocenters. The second-order valence-electron chi connectivity index (χ2n) is 9.54. The third kappa shape index (κ3) is 6.04. The second-order valence-corrected chi connectivity index (χ2v) is 9.95. The molecule has 2 aliphatic heterocycles. The van der Waals surface area contributed by atoms with Gasteiger partial charge in [0.1, 0.15) is 30.2 Å². The minimum atomic E-state index is -1.75. The van der Waals surface area contributed by atoms with Gasteiger partial charge in [0.2, 0.25) is 5.79 Å². The molecule has 0 aromatic heterocycles. The van der Waals surface area contributed by atoms with Crippen molar-refractivity contribution < 1.29 is 47.9 Å². The van der Waals surface area contributed by atoms with E-state index in [9.17, 15) is 19.5 Å². The summed E-state index contributed by atoms with van der Waals surface area (Å²) < 4.78 is 34.6. The van der Waals surface area contributed by atoms with Gasteiger partial charge in [-0.1, -0.05) is 29.8 Å². The number of carbonyl (C=O) groups excluding carboxylic acids is 3. The van der Waals surface area contributed by atoms with Crippen LogP contribution in [-0.2, 0) is 43.9 Å². The van der Waals surface area contributed by atoms with Gasteiger partial charge in [-0.2, -0.15) is 0 Å². The van der Waals surface area contributed by atoms with E-state index in [-0.39, 0.29) is 24.7 Å². The van der Waals surface area contributed by atoms with Crippen molar-refractivity contribution in [3.63, 3.8) is 0 Å². The van der Waals surface area contributed by atoms with Gasteiger partial charge in [-0.25, -0.2) is 0 Å². The Balaban J connectivity index is 1.77. The normalized spacial score (nSPS) is 26.4.